The lowest BCUT2D eigenvalue weighted by Crippen LogP contribution is -2.15. The Morgan fingerprint density at radius 3 is 2.72 bits per heavy atom. The lowest BCUT2D eigenvalue weighted by atomic mass is 10.1. The second kappa shape index (κ2) is 5.31. The molecular formula is C14H14N2O2. The fourth-order valence-electron chi connectivity index (χ4n) is 1.69. The Labute approximate surface area is 106 Å². The number of hydrogen-bond acceptors (Lipinski definition) is 3. The van der Waals surface area contributed by atoms with Gasteiger partial charge in [-0.05, 0) is 37.1 Å². The summed E-state index contributed by atoms with van der Waals surface area (Å²) in [6.45, 7) is 3.93. The summed E-state index contributed by atoms with van der Waals surface area (Å²) in [5, 5.41) is 6.48. The molecule has 0 unspecified atom stereocenters. The predicted octanol–water partition coefficient (Wildman–Crippen LogP) is 2.70. The van der Waals surface area contributed by atoms with Crippen molar-refractivity contribution in [2.24, 2.45) is 5.16 Å². The standard InChI is InChI=1S/C14H14N2O2/c1-10-4-3-5-11(2)13(10)16-14(17)12-6-8-15-18-9-7-12/h3-9H,1-2H3,(H,16,17). The molecule has 0 aliphatic carbocycles. The first-order valence-electron chi connectivity index (χ1n) is 5.62. The minimum absolute atomic E-state index is 0.180. The smallest absolute Gasteiger partial charge is 0.255 e. The Kier molecular flexibility index (Phi) is 3.57. The van der Waals surface area contributed by atoms with Gasteiger partial charge >= 0.3 is 0 Å². The van der Waals surface area contributed by atoms with Gasteiger partial charge in [-0.2, -0.15) is 0 Å². The van der Waals surface area contributed by atoms with Crippen molar-refractivity contribution in [3.63, 3.8) is 0 Å². The number of para-hydroxylation sites is 1. The van der Waals surface area contributed by atoms with E-state index in [4.69, 9.17) is 4.84 Å². The molecule has 1 aliphatic heterocycles. The molecule has 1 amide bonds. The second-order valence-electron chi connectivity index (χ2n) is 4.01. The molecule has 0 atom stereocenters. The number of amides is 1. The predicted molar refractivity (Wildman–Crippen MR) is 71.3 cm³/mol. The summed E-state index contributed by atoms with van der Waals surface area (Å²) in [4.78, 5) is 16.8. The van der Waals surface area contributed by atoms with Crippen molar-refractivity contribution in [3.05, 3.63) is 53.3 Å². The van der Waals surface area contributed by atoms with Crippen molar-refractivity contribution in [1.82, 2.24) is 0 Å². The molecule has 0 radical (unpaired) electrons. The molecule has 0 bridgehead atoms. The van der Waals surface area contributed by atoms with Crippen LogP contribution in [0.5, 0.6) is 0 Å². The largest absolute Gasteiger partial charge is 0.365 e. The highest BCUT2D eigenvalue weighted by molar-refractivity contribution is 6.08. The summed E-state index contributed by atoms with van der Waals surface area (Å²) in [5.74, 6) is -0.180. The van der Waals surface area contributed by atoms with Crippen LogP contribution in [0.1, 0.15) is 11.1 Å². The van der Waals surface area contributed by atoms with Crippen molar-refractivity contribution >= 4 is 17.8 Å². The Balaban J connectivity index is 2.22. The maximum Gasteiger partial charge on any atom is 0.255 e. The Morgan fingerprint density at radius 1 is 1.28 bits per heavy atom. The lowest BCUT2D eigenvalue weighted by Gasteiger charge is -2.11. The van der Waals surface area contributed by atoms with Gasteiger partial charge in [0.25, 0.3) is 5.91 Å². The van der Waals surface area contributed by atoms with Gasteiger partial charge in [-0.3, -0.25) is 4.79 Å². The zero-order chi connectivity index (χ0) is 13.0. The van der Waals surface area contributed by atoms with E-state index in [0.29, 0.717) is 5.57 Å². The Bertz CT molecular complexity index is 537. The maximum atomic E-state index is 12.1. The molecule has 1 N–H and O–H groups in total. The van der Waals surface area contributed by atoms with E-state index in [2.05, 4.69) is 10.5 Å². The number of allylic oxidation sites excluding steroid dienone is 1. The van der Waals surface area contributed by atoms with Crippen molar-refractivity contribution < 1.29 is 9.63 Å². The van der Waals surface area contributed by atoms with Crippen molar-refractivity contribution in [2.75, 3.05) is 5.32 Å². The molecule has 2 rings (SSSR count). The topological polar surface area (TPSA) is 50.7 Å². The summed E-state index contributed by atoms with van der Waals surface area (Å²) in [7, 11) is 0. The molecule has 0 fully saturated rings. The van der Waals surface area contributed by atoms with Crippen LogP contribution < -0.4 is 5.32 Å². The molecule has 18 heavy (non-hydrogen) atoms. The second-order valence-corrected chi connectivity index (χ2v) is 4.01. The quantitative estimate of drug-likeness (QED) is 0.866. The van der Waals surface area contributed by atoms with Crippen LogP contribution in [0.15, 0.2) is 47.3 Å². The summed E-state index contributed by atoms with van der Waals surface area (Å²) in [5.41, 5.74) is 3.41. The third-order valence-electron chi connectivity index (χ3n) is 2.67. The number of aryl methyl sites for hydroxylation is 2. The molecule has 0 saturated heterocycles. The molecule has 1 aliphatic rings. The zero-order valence-corrected chi connectivity index (χ0v) is 10.3. The summed E-state index contributed by atoms with van der Waals surface area (Å²) >= 11 is 0. The highest BCUT2D eigenvalue weighted by Crippen LogP contribution is 2.20. The fourth-order valence-corrected chi connectivity index (χ4v) is 1.69. The SMILES string of the molecule is Cc1cccc(C)c1NC(=O)C1=CC=NOC=C1. The highest BCUT2D eigenvalue weighted by atomic mass is 16.6. The molecular weight excluding hydrogens is 228 g/mol. The molecule has 0 aromatic heterocycles. The maximum absolute atomic E-state index is 12.1. The van der Waals surface area contributed by atoms with E-state index in [1.165, 1.54) is 12.5 Å². The molecule has 1 aromatic rings. The molecule has 4 heteroatoms. The normalized spacial score (nSPS) is 13.6. The first-order chi connectivity index (χ1) is 8.68. The van der Waals surface area contributed by atoms with Gasteiger partial charge in [-0.15, -0.1) is 0 Å². The number of carbonyl (C=O) groups is 1. The molecule has 0 saturated carbocycles. The molecule has 4 nitrogen and oxygen atoms in total. The number of hydrogen-bond donors (Lipinski definition) is 1. The third-order valence-corrected chi connectivity index (χ3v) is 2.67. The van der Waals surface area contributed by atoms with Crippen LogP contribution in [0.25, 0.3) is 0 Å². The Morgan fingerprint density at radius 2 is 2.00 bits per heavy atom. The van der Waals surface area contributed by atoms with Crippen LogP contribution in [0, 0.1) is 13.8 Å². The number of nitrogens with one attached hydrogen (secondary N) is 1. The number of nitrogens with zero attached hydrogens (tertiary/aromatic N) is 1. The van der Waals surface area contributed by atoms with Crippen molar-refractivity contribution in [3.8, 4) is 0 Å². The van der Waals surface area contributed by atoms with Gasteiger partial charge < -0.3 is 10.2 Å². The third kappa shape index (κ3) is 2.66. The van der Waals surface area contributed by atoms with Crippen LogP contribution in [0.2, 0.25) is 0 Å². The van der Waals surface area contributed by atoms with Gasteiger partial charge in [0.05, 0.1) is 6.21 Å². The first-order valence-corrected chi connectivity index (χ1v) is 5.62. The van der Waals surface area contributed by atoms with Gasteiger partial charge in [-0.25, -0.2) is 0 Å². The minimum Gasteiger partial charge on any atom is -0.365 e. The van der Waals surface area contributed by atoms with Gasteiger partial charge in [-0.1, -0.05) is 23.4 Å². The van der Waals surface area contributed by atoms with Gasteiger partial charge in [0.15, 0.2) is 0 Å². The molecule has 1 heterocycles. The van der Waals surface area contributed by atoms with E-state index in [1.807, 2.05) is 32.0 Å². The van der Waals surface area contributed by atoms with E-state index in [-0.39, 0.29) is 5.91 Å². The average Bonchev–Trinajstić information content (AvgIpc) is 2.62. The lowest BCUT2D eigenvalue weighted by molar-refractivity contribution is -0.112. The number of benzene rings is 1. The molecule has 1 aromatic carbocycles. The summed E-state index contributed by atoms with van der Waals surface area (Å²) in [6.07, 6.45) is 6.00. The van der Waals surface area contributed by atoms with Crippen molar-refractivity contribution in [2.45, 2.75) is 13.8 Å². The van der Waals surface area contributed by atoms with Gasteiger partial charge in [0.2, 0.25) is 0 Å². The highest BCUT2D eigenvalue weighted by Gasteiger charge is 2.10. The van der Waals surface area contributed by atoms with E-state index < -0.39 is 0 Å². The molecule has 92 valence electrons. The average molecular weight is 242 g/mol. The number of anilines is 1. The van der Waals surface area contributed by atoms with Crippen LogP contribution in [0.3, 0.4) is 0 Å². The first kappa shape index (κ1) is 12.1. The van der Waals surface area contributed by atoms with E-state index in [9.17, 15) is 4.79 Å². The monoisotopic (exact) mass is 242 g/mol. The van der Waals surface area contributed by atoms with E-state index in [0.717, 1.165) is 16.8 Å². The summed E-state index contributed by atoms with van der Waals surface area (Å²) < 4.78 is 0. The Hall–Kier alpha value is -2.36. The van der Waals surface area contributed by atoms with Gasteiger partial charge in [0, 0.05) is 11.3 Å². The minimum atomic E-state index is -0.180. The van der Waals surface area contributed by atoms with Crippen LogP contribution in [0.4, 0.5) is 5.69 Å². The number of oxime groups is 1. The fraction of sp³-hybridized carbons (Fsp3) is 0.143. The van der Waals surface area contributed by atoms with Crippen LogP contribution >= 0.6 is 0 Å². The molecule has 0 spiro atoms. The van der Waals surface area contributed by atoms with Crippen LogP contribution in [-0.2, 0) is 9.63 Å². The van der Waals surface area contributed by atoms with E-state index >= 15 is 0 Å². The number of rotatable bonds is 2. The zero-order valence-electron chi connectivity index (χ0n) is 10.3. The summed E-state index contributed by atoms with van der Waals surface area (Å²) in [6, 6.07) is 5.89. The van der Waals surface area contributed by atoms with Crippen molar-refractivity contribution in [1.29, 1.82) is 0 Å². The van der Waals surface area contributed by atoms with E-state index in [1.54, 1.807) is 12.2 Å². The van der Waals surface area contributed by atoms with Gasteiger partial charge in [0.1, 0.15) is 6.26 Å². The van der Waals surface area contributed by atoms with Crippen LogP contribution in [-0.4, -0.2) is 12.1 Å². The number of carbonyl (C=O) groups excluding carboxylic acids is 1.